The lowest BCUT2D eigenvalue weighted by Crippen LogP contribution is -2.42. The van der Waals surface area contributed by atoms with E-state index in [1.54, 1.807) is 17.8 Å². The Morgan fingerprint density at radius 3 is 2.67 bits per heavy atom. The SMILES string of the molecule is CCCCCn1cncc1CNc1ccc(C(=O)N[C@@H](CCSC)C(=O)OC)c(-c2ccccc2)c1. The minimum absolute atomic E-state index is 0.300. The third kappa shape index (κ3) is 7.62. The van der Waals surface area contributed by atoms with E-state index in [4.69, 9.17) is 4.74 Å². The lowest BCUT2D eigenvalue weighted by molar-refractivity contribution is -0.142. The molecule has 2 N–H and O–H groups in total. The molecule has 7 nitrogen and oxygen atoms in total. The Morgan fingerprint density at radius 1 is 1.14 bits per heavy atom. The van der Waals surface area contributed by atoms with Gasteiger partial charge in [-0.3, -0.25) is 4.79 Å². The molecule has 0 spiro atoms. The van der Waals surface area contributed by atoms with Gasteiger partial charge in [-0.1, -0.05) is 50.1 Å². The zero-order valence-corrected chi connectivity index (χ0v) is 22.1. The van der Waals surface area contributed by atoms with E-state index in [0.717, 1.165) is 41.2 Å². The minimum atomic E-state index is -0.690. The van der Waals surface area contributed by atoms with Gasteiger partial charge < -0.3 is 19.9 Å². The van der Waals surface area contributed by atoms with E-state index in [1.165, 1.54) is 20.0 Å². The van der Waals surface area contributed by atoms with Crippen LogP contribution in [-0.2, 0) is 22.6 Å². The number of benzene rings is 2. The molecule has 1 atom stereocenters. The lowest BCUT2D eigenvalue weighted by Gasteiger charge is -2.18. The number of nitrogens with one attached hydrogen (secondary N) is 2. The van der Waals surface area contributed by atoms with Crippen molar-refractivity contribution in [3.63, 3.8) is 0 Å². The number of imidazole rings is 1. The molecular weight excluding hydrogens is 472 g/mol. The van der Waals surface area contributed by atoms with Crippen molar-refractivity contribution >= 4 is 29.3 Å². The number of thioether (sulfide) groups is 1. The second kappa shape index (κ2) is 14.3. The molecule has 2 aromatic carbocycles. The fraction of sp³-hybridized carbons (Fsp3) is 0.393. The molecule has 0 saturated carbocycles. The van der Waals surface area contributed by atoms with Crippen LogP contribution in [0.15, 0.2) is 61.1 Å². The van der Waals surface area contributed by atoms with Gasteiger partial charge in [0.05, 0.1) is 25.7 Å². The average molecular weight is 509 g/mol. The number of anilines is 1. The fourth-order valence-corrected chi connectivity index (χ4v) is 4.46. The van der Waals surface area contributed by atoms with Gasteiger partial charge in [0, 0.05) is 24.0 Å². The van der Waals surface area contributed by atoms with E-state index in [9.17, 15) is 9.59 Å². The molecule has 0 bridgehead atoms. The smallest absolute Gasteiger partial charge is 0.328 e. The van der Waals surface area contributed by atoms with Crippen LogP contribution in [0.3, 0.4) is 0 Å². The third-order valence-corrected chi connectivity index (χ3v) is 6.67. The van der Waals surface area contributed by atoms with Crippen molar-refractivity contribution in [2.45, 2.75) is 51.7 Å². The number of aromatic nitrogens is 2. The number of esters is 1. The van der Waals surface area contributed by atoms with Crippen molar-refractivity contribution in [3.05, 3.63) is 72.3 Å². The highest BCUT2D eigenvalue weighted by Crippen LogP contribution is 2.28. The quantitative estimate of drug-likeness (QED) is 0.225. The molecular formula is C28H36N4O3S. The highest BCUT2D eigenvalue weighted by atomic mass is 32.2. The summed E-state index contributed by atoms with van der Waals surface area (Å²) in [6.07, 6.45) is 9.75. The van der Waals surface area contributed by atoms with Crippen LogP contribution >= 0.6 is 11.8 Å². The Balaban J connectivity index is 1.81. The van der Waals surface area contributed by atoms with E-state index in [0.29, 0.717) is 18.5 Å². The molecule has 0 aliphatic rings. The number of methoxy groups -OCH3 is 1. The number of aryl methyl sites for hydroxylation is 1. The molecule has 36 heavy (non-hydrogen) atoms. The van der Waals surface area contributed by atoms with E-state index >= 15 is 0 Å². The molecule has 1 heterocycles. The number of ether oxygens (including phenoxy) is 1. The van der Waals surface area contributed by atoms with Gasteiger partial charge in [0.2, 0.25) is 0 Å². The number of hydrogen-bond donors (Lipinski definition) is 2. The van der Waals surface area contributed by atoms with Gasteiger partial charge in [0.15, 0.2) is 0 Å². The Bertz CT molecular complexity index is 1120. The number of amides is 1. The standard InChI is InChI=1S/C28H36N4O3S/c1-4-5-9-15-32-20-29-18-23(32)19-30-22-12-13-24(25(17-22)21-10-7-6-8-11-21)27(33)31-26(14-16-36-3)28(34)35-2/h6-8,10-13,17-18,20,26,30H,4-5,9,14-16,19H2,1-3H3,(H,31,33)/t26-/m0/s1. The molecule has 0 aliphatic heterocycles. The van der Waals surface area contributed by atoms with E-state index in [2.05, 4.69) is 27.1 Å². The molecule has 0 unspecified atom stereocenters. The Hall–Kier alpha value is -3.26. The van der Waals surface area contributed by atoms with Crippen molar-refractivity contribution in [3.8, 4) is 11.1 Å². The Morgan fingerprint density at radius 2 is 1.94 bits per heavy atom. The minimum Gasteiger partial charge on any atom is -0.467 e. The molecule has 0 saturated heterocycles. The zero-order chi connectivity index (χ0) is 25.8. The maximum absolute atomic E-state index is 13.3. The summed E-state index contributed by atoms with van der Waals surface area (Å²) in [5, 5.41) is 6.36. The second-order valence-electron chi connectivity index (χ2n) is 8.60. The number of rotatable bonds is 14. The van der Waals surface area contributed by atoms with Crippen molar-refractivity contribution < 1.29 is 14.3 Å². The first-order chi connectivity index (χ1) is 17.6. The van der Waals surface area contributed by atoms with Crippen LogP contribution in [0.2, 0.25) is 0 Å². The van der Waals surface area contributed by atoms with Gasteiger partial charge >= 0.3 is 5.97 Å². The highest BCUT2D eigenvalue weighted by Gasteiger charge is 2.23. The van der Waals surface area contributed by atoms with Crippen molar-refractivity contribution in [1.82, 2.24) is 14.9 Å². The van der Waals surface area contributed by atoms with Gasteiger partial charge in [0.1, 0.15) is 6.04 Å². The van der Waals surface area contributed by atoms with Gasteiger partial charge in [0.25, 0.3) is 5.91 Å². The number of unbranched alkanes of at least 4 members (excludes halogenated alkanes) is 2. The number of carbonyl (C=O) groups is 2. The second-order valence-corrected chi connectivity index (χ2v) is 9.58. The summed E-state index contributed by atoms with van der Waals surface area (Å²) < 4.78 is 7.09. The first-order valence-electron chi connectivity index (χ1n) is 12.4. The molecule has 1 amide bonds. The summed E-state index contributed by atoms with van der Waals surface area (Å²) >= 11 is 1.62. The molecule has 3 aromatic rings. The predicted octanol–water partition coefficient (Wildman–Crippen LogP) is 5.38. The summed E-state index contributed by atoms with van der Waals surface area (Å²) in [5.74, 6) is 0.00197. The average Bonchev–Trinajstić information content (AvgIpc) is 3.37. The van der Waals surface area contributed by atoms with Gasteiger partial charge in [-0.05, 0) is 54.2 Å². The third-order valence-electron chi connectivity index (χ3n) is 6.03. The van der Waals surface area contributed by atoms with Gasteiger partial charge in [-0.25, -0.2) is 9.78 Å². The maximum Gasteiger partial charge on any atom is 0.328 e. The highest BCUT2D eigenvalue weighted by molar-refractivity contribution is 7.98. The van der Waals surface area contributed by atoms with Crippen molar-refractivity contribution in [2.75, 3.05) is 24.4 Å². The number of nitrogens with zero attached hydrogens (tertiary/aromatic N) is 2. The van der Waals surface area contributed by atoms with E-state index in [-0.39, 0.29) is 5.91 Å². The van der Waals surface area contributed by atoms with Gasteiger partial charge in [-0.15, -0.1) is 0 Å². The number of hydrogen-bond acceptors (Lipinski definition) is 6. The molecule has 192 valence electrons. The molecule has 0 radical (unpaired) electrons. The van der Waals surface area contributed by atoms with Gasteiger partial charge in [-0.2, -0.15) is 11.8 Å². The maximum atomic E-state index is 13.3. The van der Waals surface area contributed by atoms with Crippen molar-refractivity contribution in [1.29, 1.82) is 0 Å². The predicted molar refractivity (Wildman–Crippen MR) is 147 cm³/mol. The summed E-state index contributed by atoms with van der Waals surface area (Å²) in [6, 6.07) is 14.8. The normalized spacial score (nSPS) is 11.6. The fourth-order valence-electron chi connectivity index (χ4n) is 3.99. The van der Waals surface area contributed by atoms with Crippen LogP contribution in [-0.4, -0.2) is 46.6 Å². The summed E-state index contributed by atoms with van der Waals surface area (Å²) in [7, 11) is 1.34. The molecule has 8 heteroatoms. The number of carbonyl (C=O) groups excluding carboxylic acids is 2. The summed E-state index contributed by atoms with van der Waals surface area (Å²) in [6.45, 7) is 3.78. The first-order valence-corrected chi connectivity index (χ1v) is 13.8. The van der Waals surface area contributed by atoms with Crippen LogP contribution in [0.4, 0.5) is 5.69 Å². The van der Waals surface area contributed by atoms with E-state index in [1.807, 2.05) is 61.2 Å². The first kappa shape index (κ1) is 27.3. The molecule has 0 aliphatic carbocycles. The zero-order valence-electron chi connectivity index (χ0n) is 21.3. The Labute approximate surface area is 218 Å². The Kier molecular flexibility index (Phi) is 10.9. The largest absolute Gasteiger partial charge is 0.467 e. The monoisotopic (exact) mass is 508 g/mol. The van der Waals surface area contributed by atoms with Crippen LogP contribution in [0.1, 0.15) is 48.7 Å². The van der Waals surface area contributed by atoms with E-state index < -0.39 is 12.0 Å². The van der Waals surface area contributed by atoms with Crippen molar-refractivity contribution in [2.24, 2.45) is 0 Å². The van der Waals surface area contributed by atoms with Crippen LogP contribution in [0.5, 0.6) is 0 Å². The summed E-state index contributed by atoms with van der Waals surface area (Å²) in [4.78, 5) is 29.9. The summed E-state index contributed by atoms with van der Waals surface area (Å²) in [5.41, 5.74) is 4.24. The lowest BCUT2D eigenvalue weighted by atomic mass is 9.98. The molecule has 0 fully saturated rings. The van der Waals surface area contributed by atoms with Crippen LogP contribution in [0, 0.1) is 0 Å². The van der Waals surface area contributed by atoms with Crippen LogP contribution in [0.25, 0.3) is 11.1 Å². The molecule has 1 aromatic heterocycles. The molecule has 3 rings (SSSR count). The topological polar surface area (TPSA) is 85.3 Å². The van der Waals surface area contributed by atoms with Crippen LogP contribution < -0.4 is 10.6 Å².